The van der Waals surface area contributed by atoms with E-state index in [1.807, 2.05) is 0 Å². The molecule has 0 aromatic rings. The van der Waals surface area contributed by atoms with E-state index in [0.717, 1.165) is 13.0 Å². The standard InChI is InChI=1S/C8H14N2O5/c1-3-10(7(2,13)5-11)6(12)8(14,15)4-9/h11,13-15H,3,5H2,1-2H3. The molecule has 1 unspecified atom stereocenters. The maximum Gasteiger partial charge on any atom is 0.336 e. The van der Waals surface area contributed by atoms with E-state index >= 15 is 0 Å². The maximum atomic E-state index is 11.4. The van der Waals surface area contributed by atoms with Crippen LogP contribution in [0.2, 0.25) is 0 Å². The van der Waals surface area contributed by atoms with Gasteiger partial charge in [0.05, 0.1) is 6.61 Å². The van der Waals surface area contributed by atoms with Crippen molar-refractivity contribution >= 4 is 5.91 Å². The Bertz CT molecular complexity index is 281. The lowest BCUT2D eigenvalue weighted by Crippen LogP contribution is -2.59. The van der Waals surface area contributed by atoms with Gasteiger partial charge in [0.1, 0.15) is 6.07 Å². The van der Waals surface area contributed by atoms with Crippen LogP contribution in [-0.2, 0) is 4.79 Å². The summed E-state index contributed by atoms with van der Waals surface area (Å²) in [7, 11) is 0. The quantitative estimate of drug-likeness (QED) is 0.312. The molecule has 15 heavy (non-hydrogen) atoms. The number of rotatable bonds is 4. The number of aliphatic hydroxyl groups is 4. The molecule has 0 aliphatic heterocycles. The van der Waals surface area contributed by atoms with Gasteiger partial charge in [-0.1, -0.05) is 0 Å². The van der Waals surface area contributed by atoms with E-state index < -0.39 is 24.0 Å². The Morgan fingerprint density at radius 3 is 2.20 bits per heavy atom. The molecule has 0 heterocycles. The van der Waals surface area contributed by atoms with Crippen molar-refractivity contribution in [2.24, 2.45) is 0 Å². The van der Waals surface area contributed by atoms with Crippen molar-refractivity contribution in [3.05, 3.63) is 0 Å². The Kier molecular flexibility index (Phi) is 4.18. The monoisotopic (exact) mass is 218 g/mol. The molecule has 0 aromatic carbocycles. The fourth-order valence-corrected chi connectivity index (χ4v) is 1.02. The number of nitrogens with zero attached hydrogens (tertiary/aromatic N) is 2. The topological polar surface area (TPSA) is 125 Å². The number of nitriles is 1. The molecule has 1 atom stereocenters. The molecule has 0 bridgehead atoms. The van der Waals surface area contributed by atoms with Crippen LogP contribution in [0.3, 0.4) is 0 Å². The SMILES string of the molecule is CCN(C(=O)C(O)(O)C#N)C(C)(O)CO. The zero-order chi connectivity index (χ0) is 12.3. The molecule has 0 radical (unpaired) electrons. The number of likely N-dealkylation sites (N-methyl/N-ethyl adjacent to an activating group) is 1. The van der Waals surface area contributed by atoms with Crippen LogP contribution in [0.15, 0.2) is 0 Å². The van der Waals surface area contributed by atoms with Crippen molar-refractivity contribution in [2.45, 2.75) is 25.4 Å². The van der Waals surface area contributed by atoms with E-state index in [-0.39, 0.29) is 6.54 Å². The van der Waals surface area contributed by atoms with Crippen molar-refractivity contribution in [2.75, 3.05) is 13.2 Å². The van der Waals surface area contributed by atoms with Gasteiger partial charge in [0.2, 0.25) is 0 Å². The van der Waals surface area contributed by atoms with Crippen molar-refractivity contribution in [1.29, 1.82) is 5.26 Å². The third-order valence-electron chi connectivity index (χ3n) is 1.90. The Morgan fingerprint density at radius 1 is 1.47 bits per heavy atom. The van der Waals surface area contributed by atoms with Crippen molar-refractivity contribution in [3.8, 4) is 6.07 Å². The molecule has 0 aliphatic rings. The van der Waals surface area contributed by atoms with Crippen LogP contribution in [0.5, 0.6) is 0 Å². The number of carbonyl (C=O) groups is 1. The van der Waals surface area contributed by atoms with Gasteiger partial charge >= 0.3 is 11.7 Å². The molecular formula is C8H14N2O5. The van der Waals surface area contributed by atoms with Crippen LogP contribution in [-0.4, -0.2) is 55.9 Å². The minimum absolute atomic E-state index is 0.0864. The predicted molar refractivity (Wildman–Crippen MR) is 47.9 cm³/mol. The second kappa shape index (κ2) is 4.55. The molecule has 0 fully saturated rings. The van der Waals surface area contributed by atoms with Gasteiger partial charge in [-0.25, -0.2) is 0 Å². The lowest BCUT2D eigenvalue weighted by Gasteiger charge is -2.36. The fourth-order valence-electron chi connectivity index (χ4n) is 1.02. The van der Waals surface area contributed by atoms with Crippen molar-refractivity contribution in [3.63, 3.8) is 0 Å². The summed E-state index contributed by atoms with van der Waals surface area (Å²) in [4.78, 5) is 12.0. The van der Waals surface area contributed by atoms with E-state index in [0.29, 0.717) is 4.90 Å². The first-order valence-electron chi connectivity index (χ1n) is 4.24. The zero-order valence-corrected chi connectivity index (χ0v) is 8.51. The minimum atomic E-state index is -3.20. The van der Waals surface area contributed by atoms with E-state index in [1.54, 1.807) is 0 Å². The number of amides is 1. The normalized spacial score (nSPS) is 15.3. The van der Waals surface area contributed by atoms with Crippen LogP contribution in [0.1, 0.15) is 13.8 Å². The zero-order valence-electron chi connectivity index (χ0n) is 8.51. The fraction of sp³-hybridized carbons (Fsp3) is 0.750. The Morgan fingerprint density at radius 2 is 1.93 bits per heavy atom. The van der Waals surface area contributed by atoms with Crippen LogP contribution in [0, 0.1) is 11.3 Å². The van der Waals surface area contributed by atoms with Crippen LogP contribution >= 0.6 is 0 Å². The van der Waals surface area contributed by atoms with Gasteiger partial charge in [0.25, 0.3) is 0 Å². The van der Waals surface area contributed by atoms with E-state index in [4.69, 9.17) is 20.6 Å². The third-order valence-corrected chi connectivity index (χ3v) is 1.90. The largest absolute Gasteiger partial charge is 0.391 e. The summed E-state index contributed by atoms with van der Waals surface area (Å²) in [5.74, 6) is -4.58. The first kappa shape index (κ1) is 13.8. The Hall–Kier alpha value is -1.20. The van der Waals surface area contributed by atoms with Gasteiger partial charge in [-0.05, 0) is 13.8 Å². The number of carbonyl (C=O) groups excluding carboxylic acids is 1. The average Bonchev–Trinajstić information content (AvgIpc) is 2.18. The lowest BCUT2D eigenvalue weighted by atomic mass is 10.1. The molecule has 1 amide bonds. The minimum Gasteiger partial charge on any atom is -0.391 e. The van der Waals surface area contributed by atoms with Crippen LogP contribution < -0.4 is 0 Å². The number of aliphatic hydroxyl groups excluding tert-OH is 1. The highest BCUT2D eigenvalue weighted by atomic mass is 16.5. The summed E-state index contributed by atoms with van der Waals surface area (Å²) in [5, 5.41) is 44.6. The van der Waals surface area contributed by atoms with Gasteiger partial charge in [0, 0.05) is 6.54 Å². The van der Waals surface area contributed by atoms with Crippen molar-refractivity contribution < 1.29 is 25.2 Å². The lowest BCUT2D eigenvalue weighted by molar-refractivity contribution is -0.202. The number of hydrogen-bond acceptors (Lipinski definition) is 6. The first-order chi connectivity index (χ1) is 6.72. The molecule has 0 rings (SSSR count). The highest BCUT2D eigenvalue weighted by molar-refractivity contribution is 5.86. The number of hydrogen-bond donors (Lipinski definition) is 4. The summed E-state index contributed by atoms with van der Waals surface area (Å²) < 4.78 is 0. The molecule has 7 nitrogen and oxygen atoms in total. The second-order valence-corrected chi connectivity index (χ2v) is 3.21. The highest BCUT2D eigenvalue weighted by Gasteiger charge is 2.43. The van der Waals surface area contributed by atoms with Crippen LogP contribution in [0.25, 0.3) is 0 Å². The van der Waals surface area contributed by atoms with Gasteiger partial charge in [0.15, 0.2) is 5.72 Å². The molecule has 7 heteroatoms. The van der Waals surface area contributed by atoms with Gasteiger partial charge in [-0.3, -0.25) is 4.79 Å². The van der Waals surface area contributed by atoms with E-state index in [1.165, 1.54) is 6.92 Å². The van der Waals surface area contributed by atoms with Gasteiger partial charge in [-0.2, -0.15) is 5.26 Å². The first-order valence-corrected chi connectivity index (χ1v) is 4.24. The molecule has 0 spiro atoms. The average molecular weight is 218 g/mol. The molecule has 0 saturated carbocycles. The summed E-state index contributed by atoms with van der Waals surface area (Å²) in [6, 6.07) is 0.979. The summed E-state index contributed by atoms with van der Waals surface area (Å²) in [6.45, 7) is 1.70. The molecule has 86 valence electrons. The van der Waals surface area contributed by atoms with Crippen molar-refractivity contribution in [1.82, 2.24) is 4.90 Å². The maximum absolute atomic E-state index is 11.4. The molecule has 0 aliphatic carbocycles. The summed E-state index contributed by atoms with van der Waals surface area (Å²) >= 11 is 0. The Labute approximate surface area is 86.8 Å². The second-order valence-electron chi connectivity index (χ2n) is 3.21. The third kappa shape index (κ3) is 2.87. The molecular weight excluding hydrogens is 204 g/mol. The summed E-state index contributed by atoms with van der Waals surface area (Å²) in [5.41, 5.74) is -1.95. The van der Waals surface area contributed by atoms with E-state index in [9.17, 15) is 9.90 Å². The summed E-state index contributed by atoms with van der Waals surface area (Å²) in [6.07, 6.45) is 0. The smallest absolute Gasteiger partial charge is 0.336 e. The predicted octanol–water partition coefficient (Wildman–Crippen LogP) is -2.26. The van der Waals surface area contributed by atoms with Crippen LogP contribution in [0.4, 0.5) is 0 Å². The molecule has 0 saturated heterocycles. The molecule has 0 aromatic heterocycles. The molecule has 4 N–H and O–H groups in total. The highest BCUT2D eigenvalue weighted by Crippen LogP contribution is 2.15. The van der Waals surface area contributed by atoms with Gasteiger partial charge < -0.3 is 25.3 Å². The van der Waals surface area contributed by atoms with E-state index in [2.05, 4.69) is 0 Å². The van der Waals surface area contributed by atoms with Gasteiger partial charge in [-0.15, -0.1) is 0 Å². The Balaban J connectivity index is 5.03.